The van der Waals surface area contributed by atoms with Gasteiger partial charge in [0.15, 0.2) is 0 Å². The van der Waals surface area contributed by atoms with Crippen LogP contribution in [0.15, 0.2) is 18.2 Å². The quantitative estimate of drug-likeness (QED) is 0.727. The summed E-state index contributed by atoms with van der Waals surface area (Å²) in [4.78, 5) is 11.5. The van der Waals surface area contributed by atoms with Gasteiger partial charge in [-0.3, -0.25) is 4.79 Å². The van der Waals surface area contributed by atoms with Crippen LogP contribution in [-0.4, -0.2) is 5.91 Å². The molecule has 0 saturated carbocycles. The second-order valence-corrected chi connectivity index (χ2v) is 3.83. The van der Waals surface area contributed by atoms with Gasteiger partial charge in [-0.05, 0) is 31.0 Å². The number of halogens is 1. The fourth-order valence-electron chi connectivity index (χ4n) is 1.85. The van der Waals surface area contributed by atoms with E-state index in [1.165, 1.54) is 12.1 Å². The Balaban J connectivity index is 2.61. The molecule has 0 aliphatic carbocycles. The highest BCUT2D eigenvalue weighted by Crippen LogP contribution is 2.33. The van der Waals surface area contributed by atoms with Crippen molar-refractivity contribution in [2.75, 3.05) is 0 Å². The fourth-order valence-corrected chi connectivity index (χ4v) is 1.85. The molecule has 1 N–H and O–H groups in total. The maximum absolute atomic E-state index is 12.9. The predicted octanol–water partition coefficient (Wildman–Crippen LogP) is 2.19. The second kappa shape index (κ2) is 2.80. The first-order valence-corrected chi connectivity index (χ1v) is 4.69. The maximum Gasteiger partial charge on any atom is 0.252 e. The average Bonchev–Trinajstić information content (AvgIpc) is 2.40. The molecule has 3 heteroatoms. The summed E-state index contributed by atoms with van der Waals surface area (Å²) in [5.41, 5.74) is 1.03. The Bertz CT molecular complexity index is 402. The minimum atomic E-state index is -0.362. The van der Waals surface area contributed by atoms with Gasteiger partial charge in [-0.25, -0.2) is 4.39 Å². The number of nitrogens with one attached hydrogen (secondary N) is 1. The second-order valence-electron chi connectivity index (χ2n) is 3.83. The molecule has 0 radical (unpaired) electrons. The van der Waals surface area contributed by atoms with E-state index in [1.807, 2.05) is 13.8 Å². The van der Waals surface area contributed by atoms with Gasteiger partial charge in [0.1, 0.15) is 5.82 Å². The molecule has 2 nitrogen and oxygen atoms in total. The average molecular weight is 193 g/mol. The van der Waals surface area contributed by atoms with E-state index in [0.29, 0.717) is 5.56 Å². The third-order valence-electron chi connectivity index (χ3n) is 2.92. The Labute approximate surface area is 82.1 Å². The van der Waals surface area contributed by atoms with E-state index in [1.54, 1.807) is 6.07 Å². The summed E-state index contributed by atoms with van der Waals surface area (Å²) in [6.45, 7) is 3.95. The molecule has 0 aromatic heterocycles. The first-order valence-electron chi connectivity index (χ1n) is 4.69. The number of hydrogen-bond donors (Lipinski definition) is 1. The van der Waals surface area contributed by atoms with Crippen LogP contribution >= 0.6 is 0 Å². The Morgan fingerprint density at radius 3 is 2.86 bits per heavy atom. The highest BCUT2D eigenvalue weighted by atomic mass is 19.1. The SMILES string of the molecule is CCC1(C)NC(=O)c2cc(F)ccc21. The van der Waals surface area contributed by atoms with Gasteiger partial charge >= 0.3 is 0 Å². The molecule has 2 rings (SSSR count). The number of carbonyl (C=O) groups excluding carboxylic acids is 1. The van der Waals surface area contributed by atoms with Crippen molar-refractivity contribution in [3.63, 3.8) is 0 Å². The van der Waals surface area contributed by atoms with Crippen molar-refractivity contribution in [1.82, 2.24) is 5.32 Å². The lowest BCUT2D eigenvalue weighted by Gasteiger charge is -2.23. The van der Waals surface area contributed by atoms with Crippen molar-refractivity contribution in [1.29, 1.82) is 0 Å². The molecule has 14 heavy (non-hydrogen) atoms. The highest BCUT2D eigenvalue weighted by Gasteiger charge is 2.37. The van der Waals surface area contributed by atoms with Crippen LogP contribution in [0, 0.1) is 5.82 Å². The number of rotatable bonds is 1. The van der Waals surface area contributed by atoms with Crippen molar-refractivity contribution in [2.24, 2.45) is 0 Å². The van der Waals surface area contributed by atoms with Crippen molar-refractivity contribution in [2.45, 2.75) is 25.8 Å². The number of benzene rings is 1. The van der Waals surface area contributed by atoms with Crippen LogP contribution in [0.2, 0.25) is 0 Å². The third-order valence-corrected chi connectivity index (χ3v) is 2.92. The standard InChI is InChI=1S/C11H12FNO/c1-3-11(2)9-5-4-7(12)6-8(9)10(14)13-11/h4-6H,3H2,1-2H3,(H,13,14). The normalized spacial score (nSPS) is 24.6. The number of hydrogen-bond acceptors (Lipinski definition) is 1. The monoisotopic (exact) mass is 193 g/mol. The van der Waals surface area contributed by atoms with Crippen molar-refractivity contribution < 1.29 is 9.18 Å². The van der Waals surface area contributed by atoms with Gasteiger partial charge in [-0.2, -0.15) is 0 Å². The van der Waals surface area contributed by atoms with Crippen LogP contribution in [0.25, 0.3) is 0 Å². The molecule has 1 aliphatic heterocycles. The van der Waals surface area contributed by atoms with Crippen LogP contribution in [0.4, 0.5) is 4.39 Å². The molecule has 1 aromatic rings. The van der Waals surface area contributed by atoms with Crippen LogP contribution in [-0.2, 0) is 5.54 Å². The molecular weight excluding hydrogens is 181 g/mol. The van der Waals surface area contributed by atoms with E-state index in [9.17, 15) is 9.18 Å². The zero-order valence-corrected chi connectivity index (χ0v) is 8.23. The topological polar surface area (TPSA) is 29.1 Å². The van der Waals surface area contributed by atoms with Crippen molar-refractivity contribution >= 4 is 5.91 Å². The summed E-state index contributed by atoms with van der Waals surface area (Å²) in [5.74, 6) is -0.539. The minimum absolute atomic E-state index is 0.177. The smallest absolute Gasteiger partial charge is 0.252 e. The molecule has 1 amide bonds. The van der Waals surface area contributed by atoms with E-state index in [2.05, 4.69) is 5.32 Å². The van der Waals surface area contributed by atoms with Crippen molar-refractivity contribution in [3.8, 4) is 0 Å². The summed E-state index contributed by atoms with van der Waals surface area (Å²) >= 11 is 0. The van der Waals surface area contributed by atoms with Gasteiger partial charge in [-0.15, -0.1) is 0 Å². The van der Waals surface area contributed by atoms with E-state index in [-0.39, 0.29) is 17.3 Å². The zero-order valence-electron chi connectivity index (χ0n) is 8.23. The molecular formula is C11H12FNO. The molecule has 1 aliphatic rings. The lowest BCUT2D eigenvalue weighted by atomic mass is 9.90. The maximum atomic E-state index is 12.9. The summed E-state index contributed by atoms with van der Waals surface area (Å²) < 4.78 is 12.9. The molecule has 1 unspecified atom stereocenters. The Morgan fingerprint density at radius 1 is 1.50 bits per heavy atom. The van der Waals surface area contributed by atoms with E-state index < -0.39 is 0 Å². The number of carbonyl (C=O) groups is 1. The van der Waals surface area contributed by atoms with E-state index in [0.717, 1.165) is 12.0 Å². The summed E-state index contributed by atoms with van der Waals surface area (Å²) in [5, 5.41) is 2.87. The van der Waals surface area contributed by atoms with Crippen LogP contribution in [0.5, 0.6) is 0 Å². The first kappa shape index (κ1) is 9.19. The highest BCUT2D eigenvalue weighted by molar-refractivity contribution is 5.99. The molecule has 0 saturated heterocycles. The molecule has 1 aromatic carbocycles. The van der Waals surface area contributed by atoms with Crippen molar-refractivity contribution in [3.05, 3.63) is 35.1 Å². The van der Waals surface area contributed by atoms with Crippen LogP contribution < -0.4 is 5.32 Å². The minimum Gasteiger partial charge on any atom is -0.343 e. The Hall–Kier alpha value is -1.38. The van der Waals surface area contributed by atoms with Gasteiger partial charge < -0.3 is 5.32 Å². The van der Waals surface area contributed by atoms with Gasteiger partial charge in [0.25, 0.3) is 5.91 Å². The predicted molar refractivity (Wildman–Crippen MR) is 51.5 cm³/mol. The molecule has 0 bridgehead atoms. The number of amides is 1. The fraction of sp³-hybridized carbons (Fsp3) is 0.364. The number of fused-ring (bicyclic) bond motifs is 1. The molecule has 0 fully saturated rings. The third kappa shape index (κ3) is 1.12. The molecule has 1 heterocycles. The lowest BCUT2D eigenvalue weighted by molar-refractivity contribution is 0.0933. The Morgan fingerprint density at radius 2 is 2.21 bits per heavy atom. The Kier molecular flexibility index (Phi) is 1.84. The molecule has 74 valence electrons. The summed E-state index contributed by atoms with van der Waals surface area (Å²) in [6.07, 6.45) is 0.803. The zero-order chi connectivity index (χ0) is 10.3. The van der Waals surface area contributed by atoms with Gasteiger partial charge in [0, 0.05) is 5.56 Å². The van der Waals surface area contributed by atoms with E-state index in [4.69, 9.17) is 0 Å². The van der Waals surface area contributed by atoms with Crippen LogP contribution in [0.3, 0.4) is 0 Å². The van der Waals surface area contributed by atoms with E-state index >= 15 is 0 Å². The van der Waals surface area contributed by atoms with Gasteiger partial charge in [0.05, 0.1) is 5.54 Å². The summed E-state index contributed by atoms with van der Waals surface area (Å²) in [7, 11) is 0. The van der Waals surface area contributed by atoms with Crippen LogP contribution in [0.1, 0.15) is 36.2 Å². The van der Waals surface area contributed by atoms with Gasteiger partial charge in [0.2, 0.25) is 0 Å². The van der Waals surface area contributed by atoms with Gasteiger partial charge in [-0.1, -0.05) is 13.0 Å². The summed E-state index contributed by atoms with van der Waals surface area (Å²) in [6, 6.07) is 4.38. The molecule has 0 spiro atoms. The largest absolute Gasteiger partial charge is 0.343 e. The molecule has 1 atom stereocenters. The lowest BCUT2D eigenvalue weighted by Crippen LogP contribution is -2.35. The first-order chi connectivity index (χ1) is 6.57.